The predicted octanol–water partition coefficient (Wildman–Crippen LogP) is 2.66. The van der Waals surface area contributed by atoms with E-state index < -0.39 is 11.7 Å². The van der Waals surface area contributed by atoms with Gasteiger partial charge in [0.15, 0.2) is 0 Å². The molecule has 0 aromatic heterocycles. The minimum atomic E-state index is -0.502. The van der Waals surface area contributed by atoms with Gasteiger partial charge in [-0.05, 0) is 37.5 Å². The third-order valence-corrected chi connectivity index (χ3v) is 4.92. The summed E-state index contributed by atoms with van der Waals surface area (Å²) in [6, 6.07) is 4.97. The summed E-state index contributed by atoms with van der Waals surface area (Å²) in [5.74, 6) is -0.593. The minimum Gasteiger partial charge on any atom is -0.352 e. The zero-order valence-corrected chi connectivity index (χ0v) is 13.5. The van der Waals surface area contributed by atoms with E-state index in [1.807, 2.05) is 4.90 Å². The first-order valence-electron chi connectivity index (χ1n) is 8.38. The highest BCUT2D eigenvalue weighted by Gasteiger charge is 2.35. The second kappa shape index (κ2) is 6.69. The van der Waals surface area contributed by atoms with Crippen molar-refractivity contribution in [1.29, 1.82) is 0 Å². The molecule has 5 heteroatoms. The van der Waals surface area contributed by atoms with E-state index in [4.69, 9.17) is 0 Å². The molecule has 1 aromatic carbocycles. The van der Waals surface area contributed by atoms with Crippen LogP contribution in [0.3, 0.4) is 0 Å². The van der Waals surface area contributed by atoms with E-state index in [1.165, 1.54) is 25.0 Å². The van der Waals surface area contributed by atoms with Crippen molar-refractivity contribution in [3.05, 3.63) is 35.1 Å². The molecule has 3 rings (SSSR count). The number of amides is 2. The number of nitrogens with one attached hydrogen (secondary N) is 1. The number of likely N-dealkylation sites (tertiary alicyclic amines) is 1. The van der Waals surface area contributed by atoms with E-state index >= 15 is 0 Å². The van der Waals surface area contributed by atoms with Crippen molar-refractivity contribution in [2.45, 2.75) is 45.1 Å². The number of halogens is 1. The highest BCUT2D eigenvalue weighted by Crippen LogP contribution is 2.29. The predicted molar refractivity (Wildman–Crippen MR) is 85.5 cm³/mol. The van der Waals surface area contributed by atoms with E-state index in [0.717, 1.165) is 18.4 Å². The first kappa shape index (κ1) is 16.0. The lowest BCUT2D eigenvalue weighted by Crippen LogP contribution is -2.36. The fourth-order valence-corrected chi connectivity index (χ4v) is 3.65. The lowest BCUT2D eigenvalue weighted by molar-refractivity contribution is -0.129. The second-order valence-corrected chi connectivity index (χ2v) is 6.75. The van der Waals surface area contributed by atoms with Gasteiger partial charge in [-0.25, -0.2) is 4.39 Å². The van der Waals surface area contributed by atoms with E-state index in [0.29, 0.717) is 25.6 Å². The summed E-state index contributed by atoms with van der Waals surface area (Å²) in [6.45, 7) is 2.91. The SMILES string of the molecule is Cc1ccc(C(=O)NC[C@H]2CC(=O)N(C3CCCC3)C2)c(F)c1. The Kier molecular flexibility index (Phi) is 4.64. The molecule has 1 N–H and O–H groups in total. The van der Waals surface area contributed by atoms with Crippen LogP contribution in [0.25, 0.3) is 0 Å². The van der Waals surface area contributed by atoms with Crippen molar-refractivity contribution in [1.82, 2.24) is 10.2 Å². The smallest absolute Gasteiger partial charge is 0.254 e. The third kappa shape index (κ3) is 3.54. The number of benzene rings is 1. The van der Waals surface area contributed by atoms with Crippen molar-refractivity contribution in [2.24, 2.45) is 5.92 Å². The zero-order valence-electron chi connectivity index (χ0n) is 13.5. The summed E-state index contributed by atoms with van der Waals surface area (Å²) in [4.78, 5) is 26.2. The molecule has 1 atom stereocenters. The monoisotopic (exact) mass is 318 g/mol. The molecule has 2 amide bonds. The molecular formula is C18H23FN2O2. The van der Waals surface area contributed by atoms with Crippen LogP contribution < -0.4 is 5.32 Å². The number of carbonyl (C=O) groups is 2. The maximum absolute atomic E-state index is 13.8. The van der Waals surface area contributed by atoms with Gasteiger partial charge in [0, 0.05) is 31.5 Å². The Morgan fingerprint density at radius 1 is 1.35 bits per heavy atom. The molecular weight excluding hydrogens is 295 g/mol. The minimum absolute atomic E-state index is 0.0626. The molecule has 2 fully saturated rings. The van der Waals surface area contributed by atoms with Gasteiger partial charge in [-0.1, -0.05) is 18.9 Å². The summed E-state index contributed by atoms with van der Waals surface area (Å²) < 4.78 is 13.8. The van der Waals surface area contributed by atoms with Gasteiger partial charge in [-0.2, -0.15) is 0 Å². The number of hydrogen-bond acceptors (Lipinski definition) is 2. The summed E-state index contributed by atoms with van der Waals surface area (Å²) in [6.07, 6.45) is 5.07. The van der Waals surface area contributed by atoms with Crippen LogP contribution >= 0.6 is 0 Å². The summed E-state index contributed by atoms with van der Waals surface area (Å²) in [5.41, 5.74) is 0.847. The van der Waals surface area contributed by atoms with Crippen LogP contribution in [0.4, 0.5) is 4.39 Å². The topological polar surface area (TPSA) is 49.4 Å². The molecule has 1 saturated heterocycles. The molecule has 1 aliphatic heterocycles. The van der Waals surface area contributed by atoms with Gasteiger partial charge in [0.25, 0.3) is 5.91 Å². The Hall–Kier alpha value is -1.91. The van der Waals surface area contributed by atoms with Gasteiger partial charge in [-0.3, -0.25) is 9.59 Å². The van der Waals surface area contributed by atoms with E-state index in [2.05, 4.69) is 5.32 Å². The van der Waals surface area contributed by atoms with Crippen LogP contribution in [-0.4, -0.2) is 35.8 Å². The lowest BCUT2D eigenvalue weighted by atomic mass is 10.1. The van der Waals surface area contributed by atoms with Gasteiger partial charge < -0.3 is 10.2 Å². The quantitative estimate of drug-likeness (QED) is 0.928. The number of rotatable bonds is 4. The maximum Gasteiger partial charge on any atom is 0.254 e. The maximum atomic E-state index is 13.8. The summed E-state index contributed by atoms with van der Waals surface area (Å²) >= 11 is 0. The van der Waals surface area contributed by atoms with Gasteiger partial charge >= 0.3 is 0 Å². The molecule has 2 aliphatic rings. The average Bonchev–Trinajstić information content (AvgIpc) is 3.14. The van der Waals surface area contributed by atoms with Gasteiger partial charge in [0.2, 0.25) is 5.91 Å². The lowest BCUT2D eigenvalue weighted by Gasteiger charge is -2.24. The Balaban J connectivity index is 1.54. The molecule has 0 bridgehead atoms. The van der Waals surface area contributed by atoms with Crippen LogP contribution in [0.2, 0.25) is 0 Å². The fourth-order valence-electron chi connectivity index (χ4n) is 3.65. The second-order valence-electron chi connectivity index (χ2n) is 6.75. The summed E-state index contributed by atoms with van der Waals surface area (Å²) in [7, 11) is 0. The Labute approximate surface area is 136 Å². The van der Waals surface area contributed by atoms with Crippen LogP contribution in [0.15, 0.2) is 18.2 Å². The normalized spacial score (nSPS) is 21.9. The van der Waals surface area contributed by atoms with Crippen LogP contribution in [-0.2, 0) is 4.79 Å². The number of hydrogen-bond donors (Lipinski definition) is 1. The highest BCUT2D eigenvalue weighted by atomic mass is 19.1. The first-order valence-corrected chi connectivity index (χ1v) is 8.38. The van der Waals surface area contributed by atoms with E-state index in [-0.39, 0.29) is 17.4 Å². The first-order chi connectivity index (χ1) is 11.0. The molecule has 0 spiro atoms. The molecule has 4 nitrogen and oxygen atoms in total. The van der Waals surface area contributed by atoms with Crippen molar-refractivity contribution in [2.75, 3.05) is 13.1 Å². The highest BCUT2D eigenvalue weighted by molar-refractivity contribution is 5.94. The molecule has 1 aliphatic carbocycles. The number of carbonyl (C=O) groups excluding carboxylic acids is 2. The number of nitrogens with zero attached hydrogens (tertiary/aromatic N) is 1. The Morgan fingerprint density at radius 2 is 2.09 bits per heavy atom. The average molecular weight is 318 g/mol. The number of aryl methyl sites for hydroxylation is 1. The van der Waals surface area contributed by atoms with Crippen LogP contribution in [0.1, 0.15) is 48.0 Å². The van der Waals surface area contributed by atoms with E-state index in [9.17, 15) is 14.0 Å². The molecule has 23 heavy (non-hydrogen) atoms. The third-order valence-electron chi connectivity index (χ3n) is 4.92. The van der Waals surface area contributed by atoms with Crippen LogP contribution in [0, 0.1) is 18.7 Å². The Bertz CT molecular complexity index is 611. The molecule has 124 valence electrons. The molecule has 1 saturated carbocycles. The van der Waals surface area contributed by atoms with Crippen molar-refractivity contribution < 1.29 is 14.0 Å². The van der Waals surface area contributed by atoms with Gasteiger partial charge in [0.05, 0.1) is 5.56 Å². The molecule has 1 heterocycles. The zero-order chi connectivity index (χ0) is 16.4. The molecule has 0 radical (unpaired) electrons. The van der Waals surface area contributed by atoms with Gasteiger partial charge in [0.1, 0.15) is 5.82 Å². The molecule has 1 aromatic rings. The Morgan fingerprint density at radius 3 is 2.78 bits per heavy atom. The van der Waals surface area contributed by atoms with Crippen molar-refractivity contribution in [3.8, 4) is 0 Å². The molecule has 0 unspecified atom stereocenters. The fraction of sp³-hybridized carbons (Fsp3) is 0.556. The van der Waals surface area contributed by atoms with E-state index in [1.54, 1.807) is 13.0 Å². The van der Waals surface area contributed by atoms with Crippen molar-refractivity contribution >= 4 is 11.8 Å². The van der Waals surface area contributed by atoms with Crippen molar-refractivity contribution in [3.63, 3.8) is 0 Å². The standard InChI is InChI=1S/C18H23FN2O2/c1-12-6-7-15(16(19)8-12)18(23)20-10-13-9-17(22)21(11-13)14-4-2-3-5-14/h6-8,13-14H,2-5,9-11H2,1H3,(H,20,23)/t13-/m1/s1. The van der Waals surface area contributed by atoms with Crippen LogP contribution in [0.5, 0.6) is 0 Å². The van der Waals surface area contributed by atoms with Gasteiger partial charge in [-0.15, -0.1) is 0 Å². The summed E-state index contributed by atoms with van der Waals surface area (Å²) in [5, 5.41) is 2.78. The largest absolute Gasteiger partial charge is 0.352 e.